The number of ether oxygens (including phenoxy) is 3. The second kappa shape index (κ2) is 14.1. The van der Waals surface area contributed by atoms with Gasteiger partial charge in [-0.2, -0.15) is 0 Å². The maximum absolute atomic E-state index is 6.81. The fourth-order valence-corrected chi connectivity index (χ4v) is 6.64. The van der Waals surface area contributed by atoms with Crippen molar-refractivity contribution in [2.45, 2.75) is 38.4 Å². The van der Waals surface area contributed by atoms with E-state index >= 15 is 0 Å². The largest absolute Gasteiger partial charge is 0.490 e. The number of benzene rings is 6. The van der Waals surface area contributed by atoms with Crippen LogP contribution >= 0.6 is 0 Å². The Bertz CT molecular complexity index is 1830. The molecule has 6 aromatic rings. The summed E-state index contributed by atoms with van der Waals surface area (Å²) in [5.74, 6) is 2.04. The summed E-state index contributed by atoms with van der Waals surface area (Å²) in [6.45, 7) is 5.20. The molecule has 3 heteroatoms. The van der Waals surface area contributed by atoms with E-state index in [0.29, 0.717) is 19.1 Å². The fourth-order valence-electron chi connectivity index (χ4n) is 6.64. The quantitative estimate of drug-likeness (QED) is 0.101. The summed E-state index contributed by atoms with van der Waals surface area (Å²) in [4.78, 5) is 0. The third-order valence-corrected chi connectivity index (χ3v) is 9.24. The maximum Gasteiger partial charge on any atom is 0.211 e. The van der Waals surface area contributed by atoms with Crippen molar-refractivity contribution in [3.8, 4) is 44.9 Å². The Labute approximate surface area is 278 Å². The Balaban J connectivity index is 1.19. The van der Waals surface area contributed by atoms with Gasteiger partial charge in [0.15, 0.2) is 0 Å². The van der Waals surface area contributed by atoms with E-state index in [1.165, 1.54) is 27.8 Å². The average Bonchev–Trinajstić information content (AvgIpc) is 3.47. The van der Waals surface area contributed by atoms with Crippen LogP contribution in [0, 0.1) is 0 Å². The molecule has 0 N–H and O–H groups in total. The Hall–Kier alpha value is -5.12. The first-order chi connectivity index (χ1) is 23.2. The first-order valence-electron chi connectivity index (χ1n) is 16.6. The van der Waals surface area contributed by atoms with E-state index < -0.39 is 6.29 Å². The van der Waals surface area contributed by atoms with Crippen LogP contribution in [0.25, 0.3) is 33.4 Å². The van der Waals surface area contributed by atoms with Gasteiger partial charge in [-0.3, -0.25) is 0 Å². The van der Waals surface area contributed by atoms with Gasteiger partial charge in [0, 0.05) is 11.1 Å². The standard InChI is InChI=1S/C44H40O3/c1-3-31(2)34-20-14-21-35(30-34)47-44(42-40-24-12-10-22-38(40)39-23-11-13-25-41(39)42)46-29-28-45-43-36(32-16-6-4-7-17-32)26-15-27-37(43)33-18-8-5-9-19-33/h4-27,30-31,42,44H,3,28-29H2,1-2H3. The van der Waals surface area contributed by atoms with Crippen LogP contribution in [-0.4, -0.2) is 19.5 Å². The molecule has 0 saturated heterocycles. The SMILES string of the molecule is CCC(C)c1cccc(OC(OCCOc2c(-c3ccccc3)cccc2-c2ccccc2)C2c3ccccc3-c3ccccc32)c1. The molecule has 0 amide bonds. The molecule has 1 aliphatic rings. The van der Waals surface area contributed by atoms with Crippen LogP contribution in [-0.2, 0) is 4.74 Å². The number of fused-ring (bicyclic) bond motifs is 3. The first kappa shape index (κ1) is 30.5. The minimum atomic E-state index is -0.548. The predicted octanol–water partition coefficient (Wildman–Crippen LogP) is 11.1. The van der Waals surface area contributed by atoms with Gasteiger partial charge in [-0.15, -0.1) is 0 Å². The van der Waals surface area contributed by atoms with Gasteiger partial charge in [-0.25, -0.2) is 0 Å². The Morgan fingerprint density at radius 2 is 1.09 bits per heavy atom. The number of rotatable bonds is 12. The van der Waals surface area contributed by atoms with Gasteiger partial charge in [0.2, 0.25) is 6.29 Å². The zero-order valence-corrected chi connectivity index (χ0v) is 27.0. The lowest BCUT2D eigenvalue weighted by atomic mass is 9.96. The van der Waals surface area contributed by atoms with Crippen molar-refractivity contribution in [2.24, 2.45) is 0 Å². The molecule has 7 rings (SSSR count). The van der Waals surface area contributed by atoms with E-state index in [0.717, 1.165) is 40.2 Å². The molecule has 0 spiro atoms. The lowest BCUT2D eigenvalue weighted by Gasteiger charge is -2.27. The zero-order chi connectivity index (χ0) is 32.0. The third-order valence-electron chi connectivity index (χ3n) is 9.24. The smallest absolute Gasteiger partial charge is 0.211 e. The highest BCUT2D eigenvalue weighted by atomic mass is 16.7. The molecule has 0 aliphatic heterocycles. The molecule has 1 aliphatic carbocycles. The molecule has 0 saturated carbocycles. The molecule has 2 atom stereocenters. The van der Waals surface area contributed by atoms with Crippen LogP contribution in [0.15, 0.2) is 152 Å². The highest BCUT2D eigenvalue weighted by Gasteiger charge is 2.36. The molecular formula is C44H40O3. The van der Waals surface area contributed by atoms with Gasteiger partial charge in [0.05, 0.1) is 12.5 Å². The van der Waals surface area contributed by atoms with E-state index in [1.807, 2.05) is 18.2 Å². The third kappa shape index (κ3) is 6.45. The molecule has 0 bridgehead atoms. The normalized spacial score (nSPS) is 13.4. The van der Waals surface area contributed by atoms with Crippen molar-refractivity contribution >= 4 is 0 Å². The van der Waals surface area contributed by atoms with Crippen molar-refractivity contribution in [1.82, 2.24) is 0 Å². The Morgan fingerprint density at radius 3 is 1.68 bits per heavy atom. The summed E-state index contributed by atoms with van der Waals surface area (Å²) >= 11 is 0. The maximum atomic E-state index is 6.81. The van der Waals surface area contributed by atoms with Crippen molar-refractivity contribution in [3.05, 3.63) is 168 Å². The number of para-hydroxylation sites is 1. The molecule has 3 nitrogen and oxygen atoms in total. The summed E-state index contributed by atoms with van der Waals surface area (Å²) < 4.78 is 20.2. The van der Waals surface area contributed by atoms with E-state index in [-0.39, 0.29) is 5.92 Å². The van der Waals surface area contributed by atoms with Gasteiger partial charge in [0.1, 0.15) is 18.1 Å². The molecule has 234 valence electrons. The van der Waals surface area contributed by atoms with E-state index in [9.17, 15) is 0 Å². The van der Waals surface area contributed by atoms with Gasteiger partial charge < -0.3 is 14.2 Å². The minimum absolute atomic E-state index is 0.0776. The van der Waals surface area contributed by atoms with Crippen LogP contribution in [0.2, 0.25) is 0 Å². The van der Waals surface area contributed by atoms with Crippen molar-refractivity contribution in [3.63, 3.8) is 0 Å². The Kier molecular flexibility index (Phi) is 9.17. The lowest BCUT2D eigenvalue weighted by Crippen LogP contribution is -2.30. The number of hydrogen-bond donors (Lipinski definition) is 0. The molecule has 0 fully saturated rings. The van der Waals surface area contributed by atoms with Gasteiger partial charge in [-0.1, -0.05) is 153 Å². The average molecular weight is 617 g/mol. The molecule has 0 radical (unpaired) electrons. The first-order valence-corrected chi connectivity index (χ1v) is 16.6. The number of hydrogen-bond acceptors (Lipinski definition) is 3. The molecule has 47 heavy (non-hydrogen) atoms. The fraction of sp³-hybridized carbons (Fsp3) is 0.182. The summed E-state index contributed by atoms with van der Waals surface area (Å²) in [6, 6.07) is 52.9. The molecule has 0 heterocycles. The van der Waals surface area contributed by atoms with Crippen LogP contribution in [0.1, 0.15) is 48.8 Å². The summed E-state index contributed by atoms with van der Waals surface area (Å²) in [5, 5.41) is 0. The monoisotopic (exact) mass is 616 g/mol. The second-order valence-electron chi connectivity index (χ2n) is 12.2. The minimum Gasteiger partial charge on any atom is -0.490 e. The highest BCUT2D eigenvalue weighted by molar-refractivity contribution is 5.82. The second-order valence-corrected chi connectivity index (χ2v) is 12.2. The lowest BCUT2D eigenvalue weighted by molar-refractivity contribution is -0.0949. The highest BCUT2D eigenvalue weighted by Crippen LogP contribution is 2.47. The summed E-state index contributed by atoms with van der Waals surface area (Å²) in [6.07, 6.45) is 0.521. The predicted molar refractivity (Wildman–Crippen MR) is 192 cm³/mol. The molecular weight excluding hydrogens is 576 g/mol. The van der Waals surface area contributed by atoms with E-state index in [4.69, 9.17) is 14.2 Å². The van der Waals surface area contributed by atoms with Gasteiger partial charge in [-0.05, 0) is 63.4 Å². The molecule has 6 aromatic carbocycles. The van der Waals surface area contributed by atoms with Gasteiger partial charge in [0.25, 0.3) is 0 Å². The summed E-state index contributed by atoms with van der Waals surface area (Å²) in [5.41, 5.74) is 10.5. The molecule has 0 aromatic heterocycles. The van der Waals surface area contributed by atoms with Gasteiger partial charge >= 0.3 is 0 Å². The van der Waals surface area contributed by atoms with E-state index in [2.05, 4.69) is 147 Å². The van der Waals surface area contributed by atoms with Crippen molar-refractivity contribution < 1.29 is 14.2 Å². The Morgan fingerprint density at radius 1 is 0.553 bits per heavy atom. The zero-order valence-electron chi connectivity index (χ0n) is 27.0. The van der Waals surface area contributed by atoms with Crippen LogP contribution < -0.4 is 9.47 Å². The molecule has 2 unspecified atom stereocenters. The van der Waals surface area contributed by atoms with Crippen molar-refractivity contribution in [2.75, 3.05) is 13.2 Å². The van der Waals surface area contributed by atoms with E-state index in [1.54, 1.807) is 0 Å². The van der Waals surface area contributed by atoms with Crippen LogP contribution in [0.4, 0.5) is 0 Å². The van der Waals surface area contributed by atoms with Crippen molar-refractivity contribution in [1.29, 1.82) is 0 Å². The van der Waals surface area contributed by atoms with Crippen LogP contribution in [0.5, 0.6) is 11.5 Å². The topological polar surface area (TPSA) is 27.7 Å². The summed E-state index contributed by atoms with van der Waals surface area (Å²) in [7, 11) is 0. The van der Waals surface area contributed by atoms with Crippen LogP contribution in [0.3, 0.4) is 0 Å².